The van der Waals surface area contributed by atoms with Gasteiger partial charge < -0.3 is 14.8 Å². The van der Waals surface area contributed by atoms with Crippen LogP contribution in [0.25, 0.3) is 11.3 Å². The number of furan rings is 1. The third-order valence-electron chi connectivity index (χ3n) is 4.04. The minimum Gasteiger partial charge on any atom is -0.456 e. The number of carbonyl (C=O) groups is 1. The zero-order valence-electron chi connectivity index (χ0n) is 14.6. The first-order chi connectivity index (χ1) is 12.5. The van der Waals surface area contributed by atoms with Crippen LogP contribution in [0.2, 0.25) is 5.02 Å². The van der Waals surface area contributed by atoms with Gasteiger partial charge >= 0.3 is 0 Å². The second kappa shape index (κ2) is 7.76. The number of benzene rings is 1. The molecular formula is C19H20ClN3O3. The van der Waals surface area contributed by atoms with Crippen molar-refractivity contribution in [3.05, 3.63) is 58.5 Å². The highest BCUT2D eigenvalue weighted by Gasteiger charge is 2.17. The number of aliphatic hydroxyl groups excluding tert-OH is 1. The molecule has 0 atom stereocenters. The Bertz CT molecular complexity index is 913. The smallest absolute Gasteiger partial charge is 0.292 e. The Hall–Kier alpha value is -2.57. The molecule has 136 valence electrons. The van der Waals surface area contributed by atoms with Gasteiger partial charge in [-0.3, -0.25) is 4.79 Å². The summed E-state index contributed by atoms with van der Waals surface area (Å²) in [6.07, 6.45) is 0.724. The number of hydrogen-bond acceptors (Lipinski definition) is 4. The van der Waals surface area contributed by atoms with Crippen LogP contribution in [0, 0.1) is 6.92 Å². The van der Waals surface area contributed by atoms with Crippen molar-refractivity contribution in [1.29, 1.82) is 0 Å². The molecule has 0 bridgehead atoms. The predicted octanol–water partition coefficient (Wildman–Crippen LogP) is 3.91. The topological polar surface area (TPSA) is 80.3 Å². The van der Waals surface area contributed by atoms with E-state index in [0.29, 0.717) is 16.5 Å². The number of anilines is 1. The first-order valence-electron chi connectivity index (χ1n) is 8.37. The fourth-order valence-electron chi connectivity index (χ4n) is 2.70. The molecule has 0 saturated heterocycles. The summed E-state index contributed by atoms with van der Waals surface area (Å²) in [4.78, 5) is 12.5. The summed E-state index contributed by atoms with van der Waals surface area (Å²) in [7, 11) is 0. The molecule has 3 aromatic rings. The van der Waals surface area contributed by atoms with Crippen LogP contribution in [-0.4, -0.2) is 27.4 Å². The Labute approximate surface area is 156 Å². The summed E-state index contributed by atoms with van der Waals surface area (Å²) in [5, 5.41) is 17.2. The van der Waals surface area contributed by atoms with E-state index in [1.54, 1.807) is 28.9 Å². The summed E-state index contributed by atoms with van der Waals surface area (Å²) < 4.78 is 7.15. The molecule has 0 spiro atoms. The number of amides is 1. The van der Waals surface area contributed by atoms with E-state index in [-0.39, 0.29) is 24.8 Å². The van der Waals surface area contributed by atoms with Crippen molar-refractivity contribution < 1.29 is 14.3 Å². The van der Waals surface area contributed by atoms with E-state index in [4.69, 9.17) is 16.0 Å². The van der Waals surface area contributed by atoms with Gasteiger partial charge in [-0.15, -0.1) is 0 Å². The van der Waals surface area contributed by atoms with Crippen molar-refractivity contribution in [1.82, 2.24) is 9.78 Å². The van der Waals surface area contributed by atoms with E-state index in [1.807, 2.05) is 26.0 Å². The van der Waals surface area contributed by atoms with Crippen LogP contribution in [0.5, 0.6) is 0 Å². The minimum absolute atomic E-state index is 0.0928. The summed E-state index contributed by atoms with van der Waals surface area (Å²) >= 11 is 5.92. The average molecular weight is 374 g/mol. The van der Waals surface area contributed by atoms with Crippen LogP contribution in [0.15, 0.2) is 40.8 Å². The van der Waals surface area contributed by atoms with Gasteiger partial charge in [0.1, 0.15) is 11.6 Å². The number of nitrogens with one attached hydrogen (secondary N) is 1. The summed E-state index contributed by atoms with van der Waals surface area (Å²) in [6, 6.07) is 10.7. The first kappa shape index (κ1) is 18.2. The lowest BCUT2D eigenvalue weighted by molar-refractivity contribution is 0.0993. The number of hydrogen-bond donors (Lipinski definition) is 2. The number of halogens is 1. The van der Waals surface area contributed by atoms with Crippen molar-refractivity contribution in [3.63, 3.8) is 0 Å². The Morgan fingerprint density at radius 1 is 1.31 bits per heavy atom. The van der Waals surface area contributed by atoms with Crippen molar-refractivity contribution in [2.45, 2.75) is 26.8 Å². The van der Waals surface area contributed by atoms with Gasteiger partial charge in [0.05, 0.1) is 18.8 Å². The molecule has 1 amide bonds. The Morgan fingerprint density at radius 2 is 2.04 bits per heavy atom. The highest BCUT2D eigenvalue weighted by atomic mass is 35.5. The zero-order valence-corrected chi connectivity index (χ0v) is 15.4. The fraction of sp³-hybridized carbons (Fsp3) is 0.263. The highest BCUT2D eigenvalue weighted by Crippen LogP contribution is 2.24. The molecule has 2 N–H and O–H groups in total. The molecule has 0 fully saturated rings. The van der Waals surface area contributed by atoms with Crippen LogP contribution < -0.4 is 5.32 Å². The van der Waals surface area contributed by atoms with Crippen molar-refractivity contribution in [3.8, 4) is 11.3 Å². The van der Waals surface area contributed by atoms with Gasteiger partial charge in [0.2, 0.25) is 0 Å². The van der Waals surface area contributed by atoms with Crippen molar-refractivity contribution >= 4 is 23.3 Å². The van der Waals surface area contributed by atoms with Gasteiger partial charge in [-0.25, -0.2) is 4.68 Å². The lowest BCUT2D eigenvalue weighted by Gasteiger charge is -2.06. The van der Waals surface area contributed by atoms with Crippen molar-refractivity contribution in [2.75, 3.05) is 11.9 Å². The molecule has 0 radical (unpaired) electrons. The summed E-state index contributed by atoms with van der Waals surface area (Å²) in [5.74, 6) is 1.18. The number of aryl methyl sites for hydroxylation is 2. The van der Waals surface area contributed by atoms with Crippen LogP contribution in [-0.2, 0) is 13.0 Å². The maximum Gasteiger partial charge on any atom is 0.292 e. The highest BCUT2D eigenvalue weighted by molar-refractivity contribution is 6.30. The number of rotatable bonds is 6. The molecule has 26 heavy (non-hydrogen) atoms. The second-order valence-corrected chi connectivity index (χ2v) is 6.33. The van der Waals surface area contributed by atoms with Crippen molar-refractivity contribution in [2.24, 2.45) is 0 Å². The fourth-order valence-corrected chi connectivity index (χ4v) is 2.83. The van der Waals surface area contributed by atoms with E-state index < -0.39 is 0 Å². The number of nitrogens with zero attached hydrogens (tertiary/aromatic N) is 2. The van der Waals surface area contributed by atoms with Gasteiger partial charge in [0.15, 0.2) is 5.76 Å². The molecule has 1 aromatic carbocycles. The van der Waals surface area contributed by atoms with Crippen LogP contribution >= 0.6 is 11.6 Å². The van der Waals surface area contributed by atoms with Gasteiger partial charge in [0, 0.05) is 23.1 Å². The zero-order chi connectivity index (χ0) is 18.7. The third-order valence-corrected chi connectivity index (χ3v) is 4.29. The molecule has 0 unspecified atom stereocenters. The maximum atomic E-state index is 12.5. The largest absolute Gasteiger partial charge is 0.456 e. The second-order valence-electron chi connectivity index (χ2n) is 5.89. The molecule has 0 aliphatic rings. The molecule has 2 aromatic heterocycles. The molecule has 0 aliphatic heterocycles. The number of aromatic nitrogens is 2. The minimum atomic E-state index is -0.352. The monoisotopic (exact) mass is 373 g/mol. The predicted molar refractivity (Wildman–Crippen MR) is 101 cm³/mol. The first-order valence-corrected chi connectivity index (χ1v) is 8.75. The molecular weight excluding hydrogens is 354 g/mol. The van der Waals surface area contributed by atoms with E-state index >= 15 is 0 Å². The van der Waals surface area contributed by atoms with Crippen LogP contribution in [0.4, 0.5) is 5.82 Å². The molecule has 3 rings (SSSR count). The molecule has 7 heteroatoms. The summed E-state index contributed by atoms with van der Waals surface area (Å²) in [6.45, 7) is 4.06. The lowest BCUT2D eigenvalue weighted by Crippen LogP contribution is -2.16. The Morgan fingerprint density at radius 3 is 2.65 bits per heavy atom. The molecule has 0 aliphatic carbocycles. The van der Waals surface area contributed by atoms with Crippen LogP contribution in [0.1, 0.15) is 28.8 Å². The SMILES string of the molecule is CCc1oc(C(=O)Nc2cc(-c3ccc(Cl)cc3)nn2CCO)cc1C. The van der Waals surface area contributed by atoms with Gasteiger partial charge in [-0.05, 0) is 30.7 Å². The molecule has 2 heterocycles. The van der Waals surface area contributed by atoms with Gasteiger partial charge in [-0.2, -0.15) is 5.10 Å². The van der Waals surface area contributed by atoms with E-state index in [2.05, 4.69) is 10.4 Å². The van der Waals surface area contributed by atoms with E-state index in [0.717, 1.165) is 23.3 Å². The summed E-state index contributed by atoms with van der Waals surface area (Å²) in [5.41, 5.74) is 2.49. The average Bonchev–Trinajstić information content (AvgIpc) is 3.19. The van der Waals surface area contributed by atoms with Crippen LogP contribution in [0.3, 0.4) is 0 Å². The van der Waals surface area contributed by atoms with E-state index in [9.17, 15) is 9.90 Å². The maximum absolute atomic E-state index is 12.5. The van der Waals surface area contributed by atoms with Gasteiger partial charge in [0.25, 0.3) is 5.91 Å². The Balaban J connectivity index is 1.88. The van der Waals surface area contributed by atoms with E-state index in [1.165, 1.54) is 0 Å². The Kier molecular flexibility index (Phi) is 5.44. The molecule has 6 nitrogen and oxygen atoms in total. The standard InChI is InChI=1S/C19H20ClN3O3/c1-3-16-12(2)10-17(26-16)19(25)21-18-11-15(22-23(18)8-9-24)13-4-6-14(20)7-5-13/h4-7,10-11,24H,3,8-9H2,1-2H3,(H,21,25). The number of carbonyl (C=O) groups excluding carboxylic acids is 1. The lowest BCUT2D eigenvalue weighted by atomic mass is 10.1. The van der Waals surface area contributed by atoms with Gasteiger partial charge in [-0.1, -0.05) is 30.7 Å². The quantitative estimate of drug-likeness (QED) is 0.686. The molecule has 0 saturated carbocycles. The normalized spacial score (nSPS) is 10.9. The number of aliphatic hydroxyl groups is 1. The third kappa shape index (κ3) is 3.81.